The third-order valence-electron chi connectivity index (χ3n) is 2.86. The van der Waals surface area contributed by atoms with Crippen LogP contribution in [0.5, 0.6) is 0 Å². The molecule has 0 spiro atoms. The van der Waals surface area contributed by atoms with E-state index < -0.39 is 5.60 Å². The van der Waals surface area contributed by atoms with E-state index in [-0.39, 0.29) is 12.1 Å². The summed E-state index contributed by atoms with van der Waals surface area (Å²) in [6.07, 6.45) is 6.31. The fraction of sp³-hybridized carbons (Fsp3) is 0.467. The monoisotopic (exact) mass is 260 g/mol. The normalized spacial score (nSPS) is 19.3. The summed E-state index contributed by atoms with van der Waals surface area (Å²) in [5.41, 5.74) is 0.421. The molecule has 4 heteroatoms. The van der Waals surface area contributed by atoms with Crippen LogP contribution in [-0.2, 0) is 4.74 Å². The number of carbonyl (C=O) groups excluding carboxylic acids is 1. The third kappa shape index (κ3) is 3.56. The predicted molar refractivity (Wildman–Crippen MR) is 73.7 cm³/mol. The van der Waals surface area contributed by atoms with E-state index in [1.165, 1.54) is 0 Å². The van der Waals surface area contributed by atoms with Crippen molar-refractivity contribution in [3.63, 3.8) is 0 Å². The maximum atomic E-state index is 12.2. The summed E-state index contributed by atoms with van der Waals surface area (Å²) in [7, 11) is 0. The average molecular weight is 260 g/mol. The number of nitrogens with zero attached hydrogens (tertiary/aromatic N) is 2. The van der Waals surface area contributed by atoms with Crippen molar-refractivity contribution in [2.75, 3.05) is 6.54 Å². The molecular weight excluding hydrogens is 240 g/mol. The first kappa shape index (κ1) is 13.6. The van der Waals surface area contributed by atoms with Gasteiger partial charge in [-0.2, -0.15) is 0 Å². The van der Waals surface area contributed by atoms with Gasteiger partial charge >= 0.3 is 6.09 Å². The Labute approximate surface area is 114 Å². The molecule has 0 bridgehead atoms. The molecule has 1 aliphatic rings. The van der Waals surface area contributed by atoms with E-state index in [1.807, 2.05) is 45.0 Å². The van der Waals surface area contributed by atoms with Gasteiger partial charge in [-0.05, 0) is 39.3 Å². The maximum Gasteiger partial charge on any atom is 0.411 e. The van der Waals surface area contributed by atoms with Crippen molar-refractivity contribution in [1.29, 1.82) is 0 Å². The standard InChI is InChI=1S/C15H20N2O2/c1-15(2,3)19-14(18)17-11-7-5-9-13(17)12-8-4-6-10-16-12/h4-8,10,13H,9,11H2,1-3H3. The molecule has 1 amide bonds. The van der Waals surface area contributed by atoms with Gasteiger partial charge in [0.1, 0.15) is 5.60 Å². The van der Waals surface area contributed by atoms with Gasteiger partial charge in [-0.3, -0.25) is 9.88 Å². The molecule has 2 rings (SSSR count). The van der Waals surface area contributed by atoms with Gasteiger partial charge in [-0.15, -0.1) is 0 Å². The third-order valence-corrected chi connectivity index (χ3v) is 2.86. The molecule has 0 saturated carbocycles. The van der Waals surface area contributed by atoms with Crippen LogP contribution < -0.4 is 0 Å². The first-order chi connectivity index (χ1) is 8.97. The molecule has 0 aromatic carbocycles. The highest BCUT2D eigenvalue weighted by atomic mass is 16.6. The molecule has 1 aromatic heterocycles. The van der Waals surface area contributed by atoms with E-state index in [2.05, 4.69) is 11.1 Å². The predicted octanol–water partition coefficient (Wildman–Crippen LogP) is 3.32. The Kier molecular flexibility index (Phi) is 3.88. The lowest BCUT2D eigenvalue weighted by molar-refractivity contribution is 0.0172. The van der Waals surface area contributed by atoms with Gasteiger partial charge in [0.15, 0.2) is 0 Å². The zero-order valence-electron chi connectivity index (χ0n) is 11.7. The molecule has 19 heavy (non-hydrogen) atoms. The summed E-state index contributed by atoms with van der Waals surface area (Å²) in [5, 5.41) is 0. The topological polar surface area (TPSA) is 42.4 Å². The van der Waals surface area contributed by atoms with Crippen molar-refractivity contribution in [3.05, 3.63) is 42.2 Å². The molecular formula is C15H20N2O2. The molecule has 0 aliphatic carbocycles. The van der Waals surface area contributed by atoms with Crippen molar-refractivity contribution < 1.29 is 9.53 Å². The molecule has 0 N–H and O–H groups in total. The summed E-state index contributed by atoms with van der Waals surface area (Å²) in [6, 6.07) is 5.72. The van der Waals surface area contributed by atoms with E-state index in [1.54, 1.807) is 11.1 Å². The Hall–Kier alpha value is -1.84. The summed E-state index contributed by atoms with van der Waals surface area (Å²) in [5.74, 6) is 0. The number of carbonyl (C=O) groups is 1. The average Bonchev–Trinajstić information content (AvgIpc) is 2.38. The van der Waals surface area contributed by atoms with E-state index in [0.29, 0.717) is 6.54 Å². The fourth-order valence-electron chi connectivity index (χ4n) is 2.04. The largest absolute Gasteiger partial charge is 0.444 e. The van der Waals surface area contributed by atoms with Crippen molar-refractivity contribution >= 4 is 6.09 Å². The van der Waals surface area contributed by atoms with Crippen molar-refractivity contribution in [2.45, 2.75) is 38.8 Å². The Balaban J connectivity index is 2.18. The minimum Gasteiger partial charge on any atom is -0.444 e. The van der Waals surface area contributed by atoms with E-state index in [0.717, 1.165) is 12.1 Å². The van der Waals surface area contributed by atoms with Crippen LogP contribution >= 0.6 is 0 Å². The van der Waals surface area contributed by atoms with Gasteiger partial charge < -0.3 is 4.74 Å². The zero-order valence-corrected chi connectivity index (χ0v) is 11.7. The van der Waals surface area contributed by atoms with Crippen molar-refractivity contribution in [3.8, 4) is 0 Å². The van der Waals surface area contributed by atoms with Crippen molar-refractivity contribution in [1.82, 2.24) is 9.88 Å². The SMILES string of the molecule is CC(C)(C)OC(=O)N1CC=CCC1c1ccccn1. The summed E-state index contributed by atoms with van der Waals surface area (Å²) < 4.78 is 5.45. The van der Waals surface area contributed by atoms with Gasteiger partial charge in [-0.1, -0.05) is 18.2 Å². The number of hydrogen-bond donors (Lipinski definition) is 0. The highest BCUT2D eigenvalue weighted by Crippen LogP contribution is 2.27. The van der Waals surface area contributed by atoms with Crippen LogP contribution in [0.1, 0.15) is 38.9 Å². The van der Waals surface area contributed by atoms with Crippen molar-refractivity contribution in [2.24, 2.45) is 0 Å². The Morgan fingerprint density at radius 3 is 2.79 bits per heavy atom. The molecule has 1 aliphatic heterocycles. The zero-order chi connectivity index (χ0) is 13.9. The molecule has 1 unspecified atom stereocenters. The lowest BCUT2D eigenvalue weighted by Crippen LogP contribution is -2.40. The lowest BCUT2D eigenvalue weighted by atomic mass is 10.0. The van der Waals surface area contributed by atoms with Gasteiger partial charge in [0.25, 0.3) is 0 Å². The summed E-state index contributed by atoms with van der Waals surface area (Å²) >= 11 is 0. The molecule has 1 atom stereocenters. The Bertz CT molecular complexity index is 463. The van der Waals surface area contributed by atoms with Gasteiger partial charge in [0, 0.05) is 12.7 Å². The second-order valence-corrected chi connectivity index (χ2v) is 5.61. The first-order valence-corrected chi connectivity index (χ1v) is 6.53. The Morgan fingerprint density at radius 2 is 2.16 bits per heavy atom. The molecule has 1 aromatic rings. The second kappa shape index (κ2) is 5.43. The number of hydrogen-bond acceptors (Lipinski definition) is 3. The minimum atomic E-state index is -0.479. The fourth-order valence-corrected chi connectivity index (χ4v) is 2.04. The molecule has 102 valence electrons. The first-order valence-electron chi connectivity index (χ1n) is 6.53. The van der Waals surface area contributed by atoms with Gasteiger partial charge in [0.05, 0.1) is 11.7 Å². The van der Waals surface area contributed by atoms with Crippen LogP contribution in [0.15, 0.2) is 36.5 Å². The van der Waals surface area contributed by atoms with Crippen LogP contribution in [-0.4, -0.2) is 28.1 Å². The second-order valence-electron chi connectivity index (χ2n) is 5.61. The molecule has 2 heterocycles. The van der Waals surface area contributed by atoms with Crippen LogP contribution in [0.3, 0.4) is 0 Å². The smallest absolute Gasteiger partial charge is 0.411 e. The summed E-state index contributed by atoms with van der Waals surface area (Å²) in [6.45, 7) is 6.19. The Morgan fingerprint density at radius 1 is 1.37 bits per heavy atom. The molecule has 0 saturated heterocycles. The molecule has 0 radical (unpaired) electrons. The number of rotatable bonds is 1. The van der Waals surface area contributed by atoms with Gasteiger partial charge in [-0.25, -0.2) is 4.79 Å². The minimum absolute atomic E-state index is 0.0407. The van der Waals surface area contributed by atoms with E-state index >= 15 is 0 Å². The van der Waals surface area contributed by atoms with E-state index in [9.17, 15) is 4.79 Å². The molecule has 0 fully saturated rings. The molecule has 4 nitrogen and oxygen atoms in total. The van der Waals surface area contributed by atoms with Crippen LogP contribution in [0.25, 0.3) is 0 Å². The number of amides is 1. The lowest BCUT2D eigenvalue weighted by Gasteiger charge is -2.34. The number of aromatic nitrogens is 1. The highest BCUT2D eigenvalue weighted by Gasteiger charge is 2.30. The highest BCUT2D eigenvalue weighted by molar-refractivity contribution is 5.69. The van der Waals surface area contributed by atoms with E-state index in [4.69, 9.17) is 4.74 Å². The van der Waals surface area contributed by atoms with Crippen LogP contribution in [0, 0.1) is 0 Å². The quantitative estimate of drug-likeness (QED) is 0.727. The summed E-state index contributed by atoms with van der Waals surface area (Å²) in [4.78, 5) is 18.3. The maximum absolute atomic E-state index is 12.2. The van der Waals surface area contributed by atoms with Gasteiger partial charge in [0.2, 0.25) is 0 Å². The van der Waals surface area contributed by atoms with Crippen LogP contribution in [0.2, 0.25) is 0 Å². The number of pyridine rings is 1. The van der Waals surface area contributed by atoms with Crippen LogP contribution in [0.4, 0.5) is 4.79 Å². The number of ether oxygens (including phenoxy) is 1.